The highest BCUT2D eigenvalue weighted by Gasteiger charge is 2.13. The molecule has 0 aliphatic heterocycles. The van der Waals surface area contributed by atoms with E-state index < -0.39 is 6.09 Å². The van der Waals surface area contributed by atoms with Crippen molar-refractivity contribution in [3.8, 4) is 0 Å². The van der Waals surface area contributed by atoms with E-state index in [9.17, 15) is 4.79 Å². The van der Waals surface area contributed by atoms with Gasteiger partial charge in [0.2, 0.25) is 0 Å². The first kappa shape index (κ1) is 14.2. The third-order valence-corrected chi connectivity index (χ3v) is 1.46. The highest BCUT2D eigenvalue weighted by atomic mass is 32.1. The molecule has 0 aromatic heterocycles. The number of ether oxygens (including phenoxy) is 1. The molecule has 15 heavy (non-hydrogen) atoms. The summed E-state index contributed by atoms with van der Waals surface area (Å²) in [5.41, 5.74) is -0.164. The molecule has 0 spiro atoms. The second kappa shape index (κ2) is 5.90. The normalized spacial score (nSPS) is 11.1. The largest absolute Gasteiger partial charge is 0.449 e. The van der Waals surface area contributed by atoms with Crippen LogP contribution in [0.15, 0.2) is 0 Å². The number of alkyl carbamates (subject to hydrolysis) is 1. The molecule has 0 atom stereocenters. The molecule has 0 fully saturated rings. The average Bonchev–Trinajstić information content (AvgIpc) is 1.96. The fourth-order valence-corrected chi connectivity index (χ4v) is 1.13. The zero-order valence-corrected chi connectivity index (χ0v) is 10.8. The van der Waals surface area contributed by atoms with Gasteiger partial charge in [0, 0.05) is 5.54 Å². The van der Waals surface area contributed by atoms with E-state index in [0.717, 1.165) is 0 Å². The van der Waals surface area contributed by atoms with Gasteiger partial charge in [-0.3, -0.25) is 5.32 Å². The van der Waals surface area contributed by atoms with Crippen LogP contribution in [0.5, 0.6) is 0 Å². The maximum atomic E-state index is 11.2. The van der Waals surface area contributed by atoms with Crippen molar-refractivity contribution in [1.82, 2.24) is 10.6 Å². The summed E-state index contributed by atoms with van der Waals surface area (Å²) in [6.45, 7) is 10.2. The molecule has 0 aliphatic carbocycles. The summed E-state index contributed by atoms with van der Waals surface area (Å²) >= 11 is 4.94. The van der Waals surface area contributed by atoms with Crippen molar-refractivity contribution in [3.05, 3.63) is 0 Å². The summed E-state index contributed by atoms with van der Waals surface area (Å²) in [6.07, 6.45) is -0.509. The highest BCUT2D eigenvalue weighted by molar-refractivity contribution is 7.80. The zero-order chi connectivity index (χ0) is 12.1. The minimum Gasteiger partial charge on any atom is -0.449 e. The van der Waals surface area contributed by atoms with Gasteiger partial charge in [-0.15, -0.1) is 0 Å². The summed E-state index contributed by atoms with van der Waals surface area (Å²) < 4.78 is 4.91. The monoisotopic (exact) mass is 232 g/mol. The molecule has 0 radical (unpaired) electrons. The van der Waals surface area contributed by atoms with E-state index in [1.54, 1.807) is 0 Å². The Morgan fingerprint density at radius 2 is 1.93 bits per heavy atom. The molecule has 2 N–H and O–H groups in total. The molecule has 0 saturated heterocycles. The molecule has 5 heteroatoms. The fraction of sp³-hybridized carbons (Fsp3) is 0.800. The fourth-order valence-electron chi connectivity index (χ4n) is 0.743. The van der Waals surface area contributed by atoms with Gasteiger partial charge >= 0.3 is 6.09 Å². The number of hydrogen-bond acceptors (Lipinski definition) is 3. The van der Waals surface area contributed by atoms with Crippen molar-refractivity contribution < 1.29 is 9.53 Å². The molecule has 0 bridgehead atoms. The van der Waals surface area contributed by atoms with E-state index in [1.165, 1.54) is 0 Å². The van der Waals surface area contributed by atoms with E-state index in [4.69, 9.17) is 17.0 Å². The van der Waals surface area contributed by atoms with Gasteiger partial charge in [0.1, 0.15) is 0 Å². The lowest BCUT2D eigenvalue weighted by atomic mass is 10.1. The topological polar surface area (TPSA) is 50.4 Å². The zero-order valence-electron chi connectivity index (χ0n) is 10.0. The molecule has 0 saturated carbocycles. The average molecular weight is 232 g/mol. The molecule has 0 unspecified atom stereocenters. The smallest absolute Gasteiger partial charge is 0.413 e. The molecule has 1 amide bonds. The van der Waals surface area contributed by atoms with Crippen molar-refractivity contribution in [3.63, 3.8) is 0 Å². The Labute approximate surface area is 96.8 Å². The third kappa shape index (κ3) is 9.46. The van der Waals surface area contributed by atoms with Crippen LogP contribution in [0.2, 0.25) is 0 Å². The first-order chi connectivity index (χ1) is 6.70. The lowest BCUT2D eigenvalue weighted by Gasteiger charge is -2.22. The van der Waals surface area contributed by atoms with Gasteiger partial charge in [-0.1, -0.05) is 13.8 Å². The number of thiocarbonyl (C=S) groups is 1. The molecular formula is C10H20N2O2S. The Balaban J connectivity index is 3.82. The molecule has 0 rings (SSSR count). The summed E-state index contributed by atoms with van der Waals surface area (Å²) in [4.78, 5) is 11.2. The van der Waals surface area contributed by atoms with E-state index in [-0.39, 0.29) is 10.7 Å². The number of rotatable bonds is 2. The Bertz CT molecular complexity index is 234. The van der Waals surface area contributed by atoms with E-state index >= 15 is 0 Å². The summed E-state index contributed by atoms with van der Waals surface area (Å²) in [6, 6.07) is 0. The molecule has 0 aromatic carbocycles. The maximum absolute atomic E-state index is 11.2. The van der Waals surface area contributed by atoms with Crippen LogP contribution in [0.25, 0.3) is 0 Å². The van der Waals surface area contributed by atoms with Crippen LogP contribution in [-0.4, -0.2) is 23.4 Å². The van der Waals surface area contributed by atoms with Gasteiger partial charge in [-0.05, 0) is 38.9 Å². The standard InChI is InChI=1S/C10H20N2O2S/c1-7(2)6-14-9(13)11-8(15)12-10(3,4)5/h7H,6H2,1-5H3,(H2,11,12,13,15). The summed E-state index contributed by atoms with van der Waals surface area (Å²) in [5.74, 6) is 0.319. The van der Waals surface area contributed by atoms with Gasteiger partial charge in [-0.25, -0.2) is 4.79 Å². The molecule has 0 heterocycles. The van der Waals surface area contributed by atoms with Gasteiger partial charge in [0.15, 0.2) is 5.11 Å². The highest BCUT2D eigenvalue weighted by Crippen LogP contribution is 1.98. The van der Waals surface area contributed by atoms with Crippen molar-refractivity contribution in [2.45, 2.75) is 40.2 Å². The van der Waals surface area contributed by atoms with Crippen molar-refractivity contribution in [1.29, 1.82) is 0 Å². The SMILES string of the molecule is CC(C)COC(=O)NC(=S)NC(C)(C)C. The van der Waals surface area contributed by atoms with Gasteiger partial charge in [-0.2, -0.15) is 0 Å². The summed E-state index contributed by atoms with van der Waals surface area (Å²) in [7, 11) is 0. The second-order valence-electron chi connectivity index (χ2n) is 4.82. The lowest BCUT2D eigenvalue weighted by molar-refractivity contribution is 0.138. The number of carbonyl (C=O) groups is 1. The van der Waals surface area contributed by atoms with Crippen LogP contribution < -0.4 is 10.6 Å². The minimum atomic E-state index is -0.509. The van der Waals surface area contributed by atoms with E-state index in [0.29, 0.717) is 12.5 Å². The van der Waals surface area contributed by atoms with Crippen LogP contribution in [0.1, 0.15) is 34.6 Å². The first-order valence-corrected chi connectivity index (χ1v) is 5.37. The lowest BCUT2D eigenvalue weighted by Crippen LogP contribution is -2.48. The molecular weight excluding hydrogens is 212 g/mol. The third-order valence-electron chi connectivity index (χ3n) is 1.25. The molecule has 0 aliphatic rings. The summed E-state index contributed by atoms with van der Waals surface area (Å²) in [5, 5.41) is 5.70. The van der Waals surface area contributed by atoms with Crippen LogP contribution in [0.4, 0.5) is 4.79 Å². The molecule has 0 aromatic rings. The molecule has 4 nitrogen and oxygen atoms in total. The number of hydrogen-bond donors (Lipinski definition) is 2. The second-order valence-corrected chi connectivity index (χ2v) is 5.23. The van der Waals surface area contributed by atoms with Crippen molar-refractivity contribution >= 4 is 23.4 Å². The minimum absolute atomic E-state index is 0.164. The van der Waals surface area contributed by atoms with Gasteiger partial charge in [0.05, 0.1) is 6.61 Å². The molecule has 88 valence electrons. The predicted octanol–water partition coefficient (Wildman–Crippen LogP) is 2.04. The van der Waals surface area contributed by atoms with Gasteiger partial charge in [0.25, 0.3) is 0 Å². The van der Waals surface area contributed by atoms with E-state index in [2.05, 4.69) is 10.6 Å². The van der Waals surface area contributed by atoms with Crippen LogP contribution in [0, 0.1) is 5.92 Å². The predicted molar refractivity (Wildman–Crippen MR) is 64.8 cm³/mol. The Morgan fingerprint density at radius 3 is 2.33 bits per heavy atom. The van der Waals surface area contributed by atoms with E-state index in [1.807, 2.05) is 34.6 Å². The quantitative estimate of drug-likeness (QED) is 0.715. The number of carbonyl (C=O) groups excluding carboxylic acids is 1. The maximum Gasteiger partial charge on any atom is 0.413 e. The van der Waals surface area contributed by atoms with Crippen LogP contribution in [-0.2, 0) is 4.74 Å². The number of amides is 1. The number of nitrogens with one attached hydrogen (secondary N) is 2. The van der Waals surface area contributed by atoms with Crippen molar-refractivity contribution in [2.75, 3.05) is 6.61 Å². The Hall–Kier alpha value is -0.840. The Morgan fingerprint density at radius 1 is 1.40 bits per heavy atom. The van der Waals surface area contributed by atoms with Gasteiger partial charge < -0.3 is 10.1 Å². The van der Waals surface area contributed by atoms with Crippen LogP contribution >= 0.6 is 12.2 Å². The van der Waals surface area contributed by atoms with Crippen molar-refractivity contribution in [2.24, 2.45) is 5.92 Å². The van der Waals surface area contributed by atoms with Crippen LogP contribution in [0.3, 0.4) is 0 Å². The Kier molecular flexibility index (Phi) is 5.57. The first-order valence-electron chi connectivity index (χ1n) is 4.96.